The predicted molar refractivity (Wildman–Crippen MR) is 83.4 cm³/mol. The molecule has 3 rings (SSSR count). The second kappa shape index (κ2) is 5.70. The molecule has 2 fully saturated rings. The topological polar surface area (TPSA) is 83.9 Å². The van der Waals surface area contributed by atoms with E-state index in [0.29, 0.717) is 12.8 Å². The van der Waals surface area contributed by atoms with E-state index in [4.69, 9.17) is 4.74 Å². The summed E-state index contributed by atoms with van der Waals surface area (Å²) in [5.41, 5.74) is -3.20. The molecule has 1 heterocycles. The lowest BCUT2D eigenvalue weighted by molar-refractivity contribution is -0.163. The van der Waals surface area contributed by atoms with Crippen molar-refractivity contribution < 1.29 is 27.4 Å². The lowest BCUT2D eigenvalue weighted by atomic mass is 9.78. The third kappa shape index (κ3) is 2.31. The van der Waals surface area contributed by atoms with Gasteiger partial charge in [-0.15, -0.1) is 0 Å². The summed E-state index contributed by atoms with van der Waals surface area (Å²) in [5, 5.41) is 10.9. The Bertz CT molecular complexity index is 742. The molecule has 24 heavy (non-hydrogen) atoms. The van der Waals surface area contributed by atoms with Gasteiger partial charge in [0.1, 0.15) is 6.67 Å². The highest BCUT2D eigenvalue weighted by molar-refractivity contribution is 7.89. The molecule has 132 valence electrons. The number of nitrogens with zero attached hydrogens (tertiary/aromatic N) is 1. The third-order valence-corrected chi connectivity index (χ3v) is 6.72. The van der Waals surface area contributed by atoms with Gasteiger partial charge in [-0.1, -0.05) is 24.1 Å². The summed E-state index contributed by atoms with van der Waals surface area (Å²) in [6, 6.07) is 5.78. The Kier molecular flexibility index (Phi) is 4.08. The highest BCUT2D eigenvalue weighted by Crippen LogP contribution is 2.49. The molecule has 1 aliphatic heterocycles. The second-order valence-corrected chi connectivity index (χ2v) is 8.24. The number of hydrogen-bond donors (Lipinski definition) is 1. The fourth-order valence-corrected chi connectivity index (χ4v) is 5.08. The maximum atomic E-state index is 13.9. The number of halogens is 1. The van der Waals surface area contributed by atoms with Crippen LogP contribution < -0.4 is 0 Å². The van der Waals surface area contributed by atoms with Crippen molar-refractivity contribution in [1.29, 1.82) is 0 Å². The summed E-state index contributed by atoms with van der Waals surface area (Å²) >= 11 is 0. The van der Waals surface area contributed by atoms with Crippen molar-refractivity contribution in [3.63, 3.8) is 0 Å². The van der Waals surface area contributed by atoms with E-state index in [-0.39, 0.29) is 22.0 Å². The van der Waals surface area contributed by atoms with Crippen molar-refractivity contribution in [2.75, 3.05) is 6.67 Å². The van der Waals surface area contributed by atoms with Gasteiger partial charge in [-0.3, -0.25) is 0 Å². The Morgan fingerprint density at radius 2 is 1.79 bits per heavy atom. The molecule has 8 heteroatoms. The van der Waals surface area contributed by atoms with Crippen LogP contribution in [0.25, 0.3) is 0 Å². The van der Waals surface area contributed by atoms with Crippen molar-refractivity contribution in [1.82, 2.24) is 4.31 Å². The number of aryl methyl sites for hydroxylation is 1. The van der Waals surface area contributed by atoms with E-state index in [9.17, 15) is 22.7 Å². The normalized spacial score (nSPS) is 26.6. The SMILES string of the molecule is Cc1ccc(S(=O)(=O)N2C(=O)OC3(CCCCC3)C2(O)CF)cc1. The molecule has 1 saturated carbocycles. The molecular formula is C16H20FNO5S. The molecule has 1 saturated heterocycles. The van der Waals surface area contributed by atoms with E-state index in [1.54, 1.807) is 19.1 Å². The molecule has 2 aliphatic rings. The predicted octanol–water partition coefficient (Wildman–Crippen LogP) is 2.50. The molecule has 0 radical (unpaired) electrons. The van der Waals surface area contributed by atoms with E-state index in [1.807, 2.05) is 0 Å². The van der Waals surface area contributed by atoms with Gasteiger partial charge in [0.25, 0.3) is 10.0 Å². The van der Waals surface area contributed by atoms with Crippen LogP contribution in [0.5, 0.6) is 0 Å². The Balaban J connectivity index is 2.09. The molecule has 1 aromatic carbocycles. The maximum Gasteiger partial charge on any atom is 0.427 e. The Labute approximate surface area is 140 Å². The fourth-order valence-electron chi connectivity index (χ4n) is 3.54. The summed E-state index contributed by atoms with van der Waals surface area (Å²) in [6.07, 6.45) is 1.38. The number of rotatable bonds is 3. The quantitative estimate of drug-likeness (QED) is 0.898. The van der Waals surface area contributed by atoms with Gasteiger partial charge in [0.15, 0.2) is 5.60 Å². The first-order chi connectivity index (χ1) is 11.3. The first-order valence-electron chi connectivity index (χ1n) is 7.90. The largest absolute Gasteiger partial charge is 0.437 e. The van der Waals surface area contributed by atoms with Gasteiger partial charge in [-0.05, 0) is 44.7 Å². The first-order valence-corrected chi connectivity index (χ1v) is 9.34. The molecule has 1 atom stereocenters. The van der Waals surface area contributed by atoms with Crippen molar-refractivity contribution >= 4 is 16.1 Å². The highest BCUT2D eigenvalue weighted by atomic mass is 32.2. The summed E-state index contributed by atoms with van der Waals surface area (Å²) < 4.78 is 45.0. The number of carbonyl (C=O) groups is 1. The van der Waals surface area contributed by atoms with Gasteiger partial charge in [0.05, 0.1) is 4.90 Å². The lowest BCUT2D eigenvalue weighted by Crippen LogP contribution is -2.62. The summed E-state index contributed by atoms with van der Waals surface area (Å²) in [7, 11) is -4.43. The Hall–Kier alpha value is -1.67. The van der Waals surface area contributed by atoms with E-state index < -0.39 is 34.1 Å². The van der Waals surface area contributed by atoms with Crippen molar-refractivity contribution in [2.45, 2.75) is 55.2 Å². The zero-order valence-corrected chi connectivity index (χ0v) is 14.2. The molecule has 1 aromatic rings. The van der Waals surface area contributed by atoms with Gasteiger partial charge in [-0.2, -0.15) is 4.31 Å². The van der Waals surface area contributed by atoms with Gasteiger partial charge in [0.2, 0.25) is 5.72 Å². The number of hydrogen-bond acceptors (Lipinski definition) is 5. The lowest BCUT2D eigenvalue weighted by Gasteiger charge is -2.41. The van der Waals surface area contributed by atoms with Crippen LogP contribution in [0.15, 0.2) is 29.2 Å². The Morgan fingerprint density at radius 1 is 1.21 bits per heavy atom. The van der Waals surface area contributed by atoms with Crippen molar-refractivity contribution in [3.8, 4) is 0 Å². The molecule has 1 N–H and O–H groups in total. The standard InChI is InChI=1S/C16H20FNO5S/c1-12-5-7-13(8-6-12)24(21,22)18-14(19)23-15(16(18,20)11-17)9-3-2-4-10-15/h5-8,20H,2-4,9-11H2,1H3. The minimum absolute atomic E-state index is 0.190. The summed E-state index contributed by atoms with van der Waals surface area (Å²) in [5.74, 6) is 0. The van der Waals surface area contributed by atoms with Crippen molar-refractivity contribution in [3.05, 3.63) is 29.8 Å². The van der Waals surface area contributed by atoms with Crippen molar-refractivity contribution in [2.24, 2.45) is 0 Å². The molecular weight excluding hydrogens is 337 g/mol. The average molecular weight is 357 g/mol. The molecule has 1 amide bonds. The van der Waals surface area contributed by atoms with Crippen LogP contribution in [0.3, 0.4) is 0 Å². The zero-order chi connectivity index (χ0) is 17.6. The van der Waals surface area contributed by atoms with Crippen LogP contribution in [0.1, 0.15) is 37.7 Å². The number of alkyl halides is 1. The Morgan fingerprint density at radius 3 is 2.33 bits per heavy atom. The first kappa shape index (κ1) is 17.2. The highest BCUT2D eigenvalue weighted by Gasteiger charge is 2.68. The number of aliphatic hydroxyl groups is 1. The molecule has 0 aromatic heterocycles. The number of sulfonamides is 1. The minimum Gasteiger partial charge on any atom is -0.437 e. The fraction of sp³-hybridized carbons (Fsp3) is 0.562. The second-order valence-electron chi connectivity index (χ2n) is 6.46. The van der Waals surface area contributed by atoms with Gasteiger partial charge < -0.3 is 9.84 Å². The zero-order valence-electron chi connectivity index (χ0n) is 13.4. The average Bonchev–Trinajstić information content (AvgIpc) is 2.76. The smallest absolute Gasteiger partial charge is 0.427 e. The third-order valence-electron chi connectivity index (χ3n) is 4.92. The van der Waals surface area contributed by atoms with Crippen LogP contribution in [0.2, 0.25) is 0 Å². The minimum atomic E-state index is -4.43. The van der Waals surface area contributed by atoms with Crippen LogP contribution in [-0.4, -0.2) is 41.9 Å². The van der Waals surface area contributed by atoms with E-state index in [1.165, 1.54) is 12.1 Å². The van der Waals surface area contributed by atoms with E-state index in [2.05, 4.69) is 0 Å². The van der Waals surface area contributed by atoms with Crippen LogP contribution in [0.4, 0.5) is 9.18 Å². The maximum absolute atomic E-state index is 13.9. The van der Waals surface area contributed by atoms with Crippen LogP contribution in [0, 0.1) is 6.92 Å². The molecule has 6 nitrogen and oxygen atoms in total. The monoisotopic (exact) mass is 357 g/mol. The molecule has 1 unspecified atom stereocenters. The van der Waals surface area contributed by atoms with Gasteiger partial charge in [-0.25, -0.2) is 17.6 Å². The number of benzene rings is 1. The summed E-state index contributed by atoms with van der Waals surface area (Å²) in [6.45, 7) is 0.374. The number of ether oxygens (including phenoxy) is 1. The van der Waals surface area contributed by atoms with Gasteiger partial charge in [0, 0.05) is 0 Å². The number of amides is 1. The van der Waals surface area contributed by atoms with Crippen LogP contribution in [-0.2, 0) is 14.8 Å². The van der Waals surface area contributed by atoms with Gasteiger partial charge >= 0.3 is 6.09 Å². The molecule has 1 spiro atoms. The van der Waals surface area contributed by atoms with E-state index in [0.717, 1.165) is 12.0 Å². The molecule has 0 bridgehead atoms. The number of carbonyl (C=O) groups excluding carboxylic acids is 1. The molecule has 1 aliphatic carbocycles. The summed E-state index contributed by atoms with van der Waals surface area (Å²) in [4.78, 5) is 12.1. The van der Waals surface area contributed by atoms with Crippen LogP contribution >= 0.6 is 0 Å². The van der Waals surface area contributed by atoms with E-state index >= 15 is 0 Å².